The highest BCUT2D eigenvalue weighted by molar-refractivity contribution is 5.84. The van der Waals surface area contributed by atoms with Gasteiger partial charge < -0.3 is 14.4 Å². The van der Waals surface area contributed by atoms with Crippen molar-refractivity contribution < 1.29 is 19.1 Å². The summed E-state index contributed by atoms with van der Waals surface area (Å²) in [5, 5.41) is 8.77. The number of likely N-dealkylation sites (N-methyl/N-ethyl adjacent to an activating group) is 2. The van der Waals surface area contributed by atoms with Gasteiger partial charge in [0.05, 0.1) is 12.6 Å². The summed E-state index contributed by atoms with van der Waals surface area (Å²) in [7, 11) is 5.17. The maximum atomic E-state index is 11.6. The van der Waals surface area contributed by atoms with Crippen LogP contribution in [-0.4, -0.2) is 54.5 Å². The summed E-state index contributed by atoms with van der Waals surface area (Å²) in [6, 6.07) is 2.86. The average Bonchev–Trinajstić information content (AvgIpc) is 2.76. The van der Waals surface area contributed by atoms with E-state index in [4.69, 9.17) is 9.52 Å². The quantitative estimate of drug-likeness (QED) is 0.850. The summed E-state index contributed by atoms with van der Waals surface area (Å²) in [6.07, 6.45) is 0. The van der Waals surface area contributed by atoms with Gasteiger partial charge in [-0.1, -0.05) is 0 Å². The van der Waals surface area contributed by atoms with E-state index in [0.29, 0.717) is 5.76 Å². The Labute approximate surface area is 106 Å². The molecule has 1 heterocycles. The zero-order chi connectivity index (χ0) is 13.9. The van der Waals surface area contributed by atoms with Crippen LogP contribution in [0.2, 0.25) is 0 Å². The van der Waals surface area contributed by atoms with Crippen LogP contribution in [0.4, 0.5) is 0 Å². The summed E-state index contributed by atoms with van der Waals surface area (Å²) in [5.41, 5.74) is 0. The molecule has 1 amide bonds. The van der Waals surface area contributed by atoms with E-state index in [1.807, 2.05) is 6.92 Å². The standard InChI is InChI=1S/C12H18N2O4/c1-8(14(4)7-11(15)13(2)3)9-5-6-10(18-9)12(16)17/h5-6,8H,7H2,1-4H3,(H,16,17). The Hall–Kier alpha value is -1.82. The zero-order valence-corrected chi connectivity index (χ0v) is 11.0. The Morgan fingerprint density at radius 1 is 1.33 bits per heavy atom. The first-order valence-electron chi connectivity index (χ1n) is 5.56. The fraction of sp³-hybridized carbons (Fsp3) is 0.500. The number of aromatic carboxylic acids is 1. The second-order valence-electron chi connectivity index (χ2n) is 4.39. The molecule has 1 N–H and O–H groups in total. The zero-order valence-electron chi connectivity index (χ0n) is 11.0. The first-order valence-corrected chi connectivity index (χ1v) is 5.56. The molecular weight excluding hydrogens is 236 g/mol. The normalized spacial score (nSPS) is 12.5. The van der Waals surface area contributed by atoms with E-state index in [1.54, 1.807) is 32.1 Å². The minimum Gasteiger partial charge on any atom is -0.475 e. The lowest BCUT2D eigenvalue weighted by Crippen LogP contribution is -2.35. The van der Waals surface area contributed by atoms with Crippen LogP contribution in [0.1, 0.15) is 29.3 Å². The first kappa shape index (κ1) is 14.2. The Morgan fingerprint density at radius 3 is 2.39 bits per heavy atom. The van der Waals surface area contributed by atoms with Gasteiger partial charge in [-0.3, -0.25) is 9.69 Å². The van der Waals surface area contributed by atoms with Crippen LogP contribution in [0.15, 0.2) is 16.5 Å². The van der Waals surface area contributed by atoms with Gasteiger partial charge in [-0.25, -0.2) is 4.79 Å². The number of carboxylic acid groups (broad SMARTS) is 1. The van der Waals surface area contributed by atoms with Crippen LogP contribution in [0.25, 0.3) is 0 Å². The molecule has 0 aliphatic carbocycles. The Kier molecular flexibility index (Phi) is 4.49. The molecule has 1 aromatic rings. The highest BCUT2D eigenvalue weighted by atomic mass is 16.4. The average molecular weight is 254 g/mol. The number of carbonyl (C=O) groups excluding carboxylic acids is 1. The smallest absolute Gasteiger partial charge is 0.371 e. The van der Waals surface area contributed by atoms with Crippen LogP contribution < -0.4 is 0 Å². The molecule has 0 fully saturated rings. The number of amides is 1. The van der Waals surface area contributed by atoms with Gasteiger partial charge in [-0.05, 0) is 26.1 Å². The van der Waals surface area contributed by atoms with Gasteiger partial charge in [-0.2, -0.15) is 0 Å². The number of carbonyl (C=O) groups is 2. The van der Waals surface area contributed by atoms with Crippen molar-refractivity contribution in [1.29, 1.82) is 0 Å². The molecule has 0 saturated heterocycles. The number of hydrogen-bond acceptors (Lipinski definition) is 4. The van der Waals surface area contributed by atoms with Crippen molar-refractivity contribution in [2.24, 2.45) is 0 Å². The number of carboxylic acids is 1. The van der Waals surface area contributed by atoms with Crippen molar-refractivity contribution in [2.45, 2.75) is 13.0 Å². The summed E-state index contributed by atoms with van der Waals surface area (Å²) < 4.78 is 5.20. The molecule has 100 valence electrons. The molecule has 1 rings (SSSR count). The molecule has 0 aromatic carbocycles. The third kappa shape index (κ3) is 3.33. The van der Waals surface area contributed by atoms with Crippen molar-refractivity contribution in [2.75, 3.05) is 27.7 Å². The van der Waals surface area contributed by atoms with Crippen molar-refractivity contribution in [3.05, 3.63) is 23.7 Å². The summed E-state index contributed by atoms with van der Waals surface area (Å²) >= 11 is 0. The fourth-order valence-electron chi connectivity index (χ4n) is 1.40. The van der Waals surface area contributed by atoms with Gasteiger partial charge in [0, 0.05) is 14.1 Å². The molecule has 6 nitrogen and oxygen atoms in total. The Morgan fingerprint density at radius 2 is 1.94 bits per heavy atom. The van der Waals surface area contributed by atoms with Gasteiger partial charge in [0.25, 0.3) is 0 Å². The van der Waals surface area contributed by atoms with Crippen LogP contribution in [0.5, 0.6) is 0 Å². The van der Waals surface area contributed by atoms with Crippen LogP contribution in [-0.2, 0) is 4.79 Å². The minimum absolute atomic E-state index is 0.0191. The number of hydrogen-bond donors (Lipinski definition) is 1. The highest BCUT2D eigenvalue weighted by Gasteiger charge is 2.20. The third-order valence-electron chi connectivity index (χ3n) is 2.79. The molecule has 0 spiro atoms. The molecule has 18 heavy (non-hydrogen) atoms. The molecule has 6 heteroatoms. The van der Waals surface area contributed by atoms with Gasteiger partial charge in [0.2, 0.25) is 11.7 Å². The molecule has 0 bridgehead atoms. The maximum Gasteiger partial charge on any atom is 0.371 e. The lowest BCUT2D eigenvalue weighted by Gasteiger charge is -2.23. The summed E-state index contributed by atoms with van der Waals surface area (Å²) in [4.78, 5) is 25.6. The highest BCUT2D eigenvalue weighted by Crippen LogP contribution is 2.21. The summed E-state index contributed by atoms with van der Waals surface area (Å²) in [5.74, 6) is -0.680. The minimum atomic E-state index is -1.10. The molecule has 1 atom stereocenters. The van der Waals surface area contributed by atoms with Gasteiger partial charge in [-0.15, -0.1) is 0 Å². The second-order valence-corrected chi connectivity index (χ2v) is 4.39. The van der Waals surface area contributed by atoms with Crippen molar-refractivity contribution in [1.82, 2.24) is 9.80 Å². The lowest BCUT2D eigenvalue weighted by atomic mass is 10.2. The van der Waals surface area contributed by atoms with Crippen LogP contribution in [0.3, 0.4) is 0 Å². The Balaban J connectivity index is 2.70. The van der Waals surface area contributed by atoms with Gasteiger partial charge in [0.15, 0.2) is 0 Å². The van der Waals surface area contributed by atoms with E-state index in [0.717, 1.165) is 0 Å². The van der Waals surface area contributed by atoms with Gasteiger partial charge in [0.1, 0.15) is 5.76 Å². The predicted molar refractivity (Wildman–Crippen MR) is 65.4 cm³/mol. The summed E-state index contributed by atoms with van der Waals surface area (Å²) in [6.45, 7) is 2.10. The topological polar surface area (TPSA) is 74.0 Å². The third-order valence-corrected chi connectivity index (χ3v) is 2.79. The van der Waals surface area contributed by atoms with Crippen molar-refractivity contribution >= 4 is 11.9 Å². The molecule has 1 aromatic heterocycles. The van der Waals surface area contributed by atoms with E-state index in [1.165, 1.54) is 11.0 Å². The van der Waals surface area contributed by atoms with E-state index in [2.05, 4.69) is 0 Å². The largest absolute Gasteiger partial charge is 0.475 e. The van der Waals surface area contributed by atoms with Crippen LogP contribution in [0, 0.1) is 0 Å². The number of furan rings is 1. The lowest BCUT2D eigenvalue weighted by molar-refractivity contribution is -0.130. The molecule has 1 unspecified atom stereocenters. The van der Waals surface area contributed by atoms with Crippen molar-refractivity contribution in [3.63, 3.8) is 0 Å². The fourth-order valence-corrected chi connectivity index (χ4v) is 1.40. The Bertz CT molecular complexity index is 439. The van der Waals surface area contributed by atoms with E-state index < -0.39 is 5.97 Å². The predicted octanol–water partition coefficient (Wildman–Crippen LogP) is 1.06. The number of rotatable bonds is 5. The SMILES string of the molecule is CC(c1ccc(C(=O)O)o1)N(C)CC(=O)N(C)C. The van der Waals surface area contributed by atoms with Crippen molar-refractivity contribution in [3.8, 4) is 0 Å². The maximum absolute atomic E-state index is 11.6. The van der Waals surface area contributed by atoms with Gasteiger partial charge >= 0.3 is 5.97 Å². The molecule has 0 aliphatic heterocycles. The number of nitrogens with zero attached hydrogens (tertiary/aromatic N) is 2. The molecular formula is C12H18N2O4. The van der Waals surface area contributed by atoms with Crippen LogP contribution >= 0.6 is 0 Å². The van der Waals surface area contributed by atoms with E-state index in [9.17, 15) is 9.59 Å². The van der Waals surface area contributed by atoms with E-state index in [-0.39, 0.29) is 24.3 Å². The second kappa shape index (κ2) is 5.68. The molecule has 0 saturated carbocycles. The van der Waals surface area contributed by atoms with E-state index >= 15 is 0 Å². The first-order chi connectivity index (χ1) is 8.32. The molecule has 0 radical (unpaired) electrons. The monoisotopic (exact) mass is 254 g/mol. The molecule has 0 aliphatic rings.